The van der Waals surface area contributed by atoms with Crippen LogP contribution in [0.1, 0.15) is 16.8 Å². The van der Waals surface area contributed by atoms with Crippen molar-refractivity contribution in [3.63, 3.8) is 0 Å². The van der Waals surface area contributed by atoms with Crippen LogP contribution in [0.4, 0.5) is 0 Å². The molecule has 0 unspecified atom stereocenters. The van der Waals surface area contributed by atoms with E-state index >= 15 is 0 Å². The van der Waals surface area contributed by atoms with Gasteiger partial charge in [0, 0.05) is 11.6 Å². The molecule has 0 aliphatic rings. The van der Waals surface area contributed by atoms with Gasteiger partial charge in [-0.15, -0.1) is 0 Å². The molecule has 2 N–H and O–H groups in total. The van der Waals surface area contributed by atoms with E-state index in [4.69, 9.17) is 28.9 Å². The Morgan fingerprint density at radius 3 is 2.59 bits per heavy atom. The Bertz CT molecular complexity index is 535. The SMILES string of the molecule is Cc1c(Cl)cnn1Cc1ccc(CN)cc1Cl. The molecule has 0 atom stereocenters. The maximum atomic E-state index is 6.19. The van der Waals surface area contributed by atoms with Gasteiger partial charge >= 0.3 is 0 Å². The lowest BCUT2D eigenvalue weighted by Crippen LogP contribution is -2.05. The highest BCUT2D eigenvalue weighted by molar-refractivity contribution is 6.31. The summed E-state index contributed by atoms with van der Waals surface area (Å²) in [6, 6.07) is 5.83. The van der Waals surface area contributed by atoms with E-state index in [-0.39, 0.29) is 0 Å². The number of benzene rings is 1. The molecule has 17 heavy (non-hydrogen) atoms. The first kappa shape index (κ1) is 12.4. The van der Waals surface area contributed by atoms with Gasteiger partial charge in [0.15, 0.2) is 0 Å². The van der Waals surface area contributed by atoms with E-state index in [1.165, 1.54) is 0 Å². The summed E-state index contributed by atoms with van der Waals surface area (Å²) < 4.78 is 1.83. The number of rotatable bonds is 3. The van der Waals surface area contributed by atoms with E-state index in [1.807, 2.05) is 29.8 Å². The van der Waals surface area contributed by atoms with E-state index in [1.54, 1.807) is 6.20 Å². The van der Waals surface area contributed by atoms with Crippen molar-refractivity contribution in [3.8, 4) is 0 Å². The highest BCUT2D eigenvalue weighted by atomic mass is 35.5. The molecule has 3 nitrogen and oxygen atoms in total. The number of halogens is 2. The third kappa shape index (κ3) is 2.63. The third-order valence-electron chi connectivity index (χ3n) is 2.72. The van der Waals surface area contributed by atoms with Crippen LogP contribution in [0.25, 0.3) is 0 Å². The van der Waals surface area contributed by atoms with Crippen molar-refractivity contribution in [1.29, 1.82) is 0 Å². The van der Waals surface area contributed by atoms with Gasteiger partial charge in [-0.1, -0.05) is 35.3 Å². The molecule has 1 aromatic heterocycles. The monoisotopic (exact) mass is 269 g/mol. The predicted molar refractivity (Wildman–Crippen MR) is 70.4 cm³/mol. The van der Waals surface area contributed by atoms with E-state index in [9.17, 15) is 0 Å². The van der Waals surface area contributed by atoms with Gasteiger partial charge in [0.1, 0.15) is 0 Å². The molecule has 0 saturated heterocycles. The lowest BCUT2D eigenvalue weighted by Gasteiger charge is -2.08. The summed E-state index contributed by atoms with van der Waals surface area (Å²) in [7, 11) is 0. The maximum absolute atomic E-state index is 6.19. The molecule has 2 aromatic rings. The normalized spacial score (nSPS) is 10.8. The molecule has 0 aliphatic carbocycles. The van der Waals surface area contributed by atoms with Crippen molar-refractivity contribution in [2.45, 2.75) is 20.0 Å². The number of hydrogen-bond acceptors (Lipinski definition) is 2. The van der Waals surface area contributed by atoms with Gasteiger partial charge in [-0.05, 0) is 24.1 Å². The van der Waals surface area contributed by atoms with Crippen LogP contribution < -0.4 is 5.73 Å². The minimum Gasteiger partial charge on any atom is -0.326 e. The van der Waals surface area contributed by atoms with Crippen LogP contribution in [0, 0.1) is 6.92 Å². The van der Waals surface area contributed by atoms with E-state index in [0.29, 0.717) is 23.1 Å². The molecule has 0 bridgehead atoms. The summed E-state index contributed by atoms with van der Waals surface area (Å²) in [5, 5.41) is 5.57. The standard InChI is InChI=1S/C12H13Cl2N3/c1-8-12(14)6-16-17(8)7-10-3-2-9(5-15)4-11(10)13/h2-4,6H,5,7,15H2,1H3. The molecule has 0 saturated carbocycles. The lowest BCUT2D eigenvalue weighted by molar-refractivity contribution is 0.665. The Morgan fingerprint density at radius 2 is 2.06 bits per heavy atom. The third-order valence-corrected chi connectivity index (χ3v) is 3.44. The van der Waals surface area contributed by atoms with Crippen molar-refractivity contribution in [2.75, 3.05) is 0 Å². The second kappa shape index (κ2) is 5.08. The van der Waals surface area contributed by atoms with Crippen molar-refractivity contribution < 1.29 is 0 Å². The van der Waals surface area contributed by atoms with Crippen LogP contribution in [0.15, 0.2) is 24.4 Å². The molecule has 0 amide bonds. The second-order valence-electron chi connectivity index (χ2n) is 3.87. The van der Waals surface area contributed by atoms with Crippen LogP contribution in [0.2, 0.25) is 10.0 Å². The summed E-state index contributed by atoms with van der Waals surface area (Å²) in [5.74, 6) is 0. The number of nitrogens with two attached hydrogens (primary N) is 1. The summed E-state index contributed by atoms with van der Waals surface area (Å²) >= 11 is 12.1. The molecule has 0 spiro atoms. The number of aromatic nitrogens is 2. The Kier molecular flexibility index (Phi) is 3.72. The fourth-order valence-corrected chi connectivity index (χ4v) is 1.99. The van der Waals surface area contributed by atoms with Gasteiger partial charge in [-0.3, -0.25) is 4.68 Å². The van der Waals surface area contributed by atoms with Gasteiger partial charge in [-0.2, -0.15) is 5.10 Å². The van der Waals surface area contributed by atoms with Crippen LogP contribution in [-0.4, -0.2) is 9.78 Å². The molecular weight excluding hydrogens is 257 g/mol. The minimum absolute atomic E-state index is 0.493. The Hall–Kier alpha value is -1.03. The van der Waals surface area contributed by atoms with Crippen LogP contribution in [0.3, 0.4) is 0 Å². The van der Waals surface area contributed by atoms with E-state index in [2.05, 4.69) is 5.10 Å². The van der Waals surface area contributed by atoms with Gasteiger partial charge in [0.2, 0.25) is 0 Å². The summed E-state index contributed by atoms with van der Waals surface area (Å²) in [4.78, 5) is 0. The maximum Gasteiger partial charge on any atom is 0.0815 e. The average Bonchev–Trinajstić information content (AvgIpc) is 2.63. The zero-order valence-corrected chi connectivity index (χ0v) is 11.0. The van der Waals surface area contributed by atoms with Crippen LogP contribution in [-0.2, 0) is 13.1 Å². The van der Waals surface area contributed by atoms with E-state index in [0.717, 1.165) is 16.8 Å². The first-order valence-corrected chi connectivity index (χ1v) is 6.02. The van der Waals surface area contributed by atoms with Crippen molar-refractivity contribution >= 4 is 23.2 Å². The Balaban J connectivity index is 2.27. The van der Waals surface area contributed by atoms with Crippen LogP contribution >= 0.6 is 23.2 Å². The average molecular weight is 270 g/mol. The molecule has 1 aromatic carbocycles. The lowest BCUT2D eigenvalue weighted by atomic mass is 10.1. The van der Waals surface area contributed by atoms with Gasteiger partial charge in [0.25, 0.3) is 0 Å². The Labute approximate surface area is 110 Å². The predicted octanol–water partition coefficient (Wildman–Crippen LogP) is 3.01. The van der Waals surface area contributed by atoms with Crippen molar-refractivity contribution in [2.24, 2.45) is 5.73 Å². The molecule has 90 valence electrons. The molecule has 1 heterocycles. The molecule has 0 fully saturated rings. The van der Waals surface area contributed by atoms with Gasteiger partial charge in [-0.25, -0.2) is 0 Å². The summed E-state index contributed by atoms with van der Waals surface area (Å²) in [5.41, 5.74) is 8.52. The molecule has 0 radical (unpaired) electrons. The largest absolute Gasteiger partial charge is 0.326 e. The zero-order valence-electron chi connectivity index (χ0n) is 9.45. The first-order chi connectivity index (χ1) is 8.11. The Morgan fingerprint density at radius 1 is 1.29 bits per heavy atom. The van der Waals surface area contributed by atoms with Crippen molar-refractivity contribution in [1.82, 2.24) is 9.78 Å². The quantitative estimate of drug-likeness (QED) is 0.931. The number of nitrogens with zero attached hydrogens (tertiary/aromatic N) is 2. The summed E-state index contributed by atoms with van der Waals surface area (Å²) in [6.45, 7) is 3.03. The van der Waals surface area contributed by atoms with Gasteiger partial charge in [0.05, 0.1) is 23.5 Å². The van der Waals surface area contributed by atoms with E-state index < -0.39 is 0 Å². The highest BCUT2D eigenvalue weighted by Crippen LogP contribution is 2.21. The van der Waals surface area contributed by atoms with Crippen LogP contribution in [0.5, 0.6) is 0 Å². The number of hydrogen-bond donors (Lipinski definition) is 1. The molecule has 2 rings (SSSR count). The fourth-order valence-electron chi connectivity index (χ4n) is 1.59. The van der Waals surface area contributed by atoms with Gasteiger partial charge < -0.3 is 5.73 Å². The minimum atomic E-state index is 0.493. The summed E-state index contributed by atoms with van der Waals surface area (Å²) in [6.07, 6.45) is 1.64. The zero-order chi connectivity index (χ0) is 12.4. The first-order valence-electron chi connectivity index (χ1n) is 5.27. The fraction of sp³-hybridized carbons (Fsp3) is 0.250. The molecule has 5 heteroatoms. The topological polar surface area (TPSA) is 43.8 Å². The second-order valence-corrected chi connectivity index (χ2v) is 4.68. The smallest absolute Gasteiger partial charge is 0.0815 e. The molecule has 0 aliphatic heterocycles. The highest BCUT2D eigenvalue weighted by Gasteiger charge is 2.07. The van der Waals surface area contributed by atoms with Crippen molar-refractivity contribution in [3.05, 3.63) is 51.3 Å². The molecular formula is C12H13Cl2N3.